The van der Waals surface area contributed by atoms with Crippen LogP contribution in [-0.4, -0.2) is 44.2 Å². The van der Waals surface area contributed by atoms with Gasteiger partial charge < -0.3 is 10.1 Å². The van der Waals surface area contributed by atoms with Crippen molar-refractivity contribution in [2.24, 2.45) is 7.05 Å². The van der Waals surface area contributed by atoms with Gasteiger partial charge in [0, 0.05) is 31.4 Å². The maximum Gasteiger partial charge on any atom is 0.139 e. The summed E-state index contributed by atoms with van der Waals surface area (Å²) in [5.74, 6) is 0. The normalized spacial score (nSPS) is 24.0. The summed E-state index contributed by atoms with van der Waals surface area (Å²) in [7, 11) is 1.90. The number of ether oxygens (including phenoxy) is 1. The molecule has 0 spiro atoms. The predicted octanol–water partition coefficient (Wildman–Crippen LogP) is 1.96. The second-order valence-corrected chi connectivity index (χ2v) is 7.45. The number of hydrogen-bond donors (Lipinski definition) is 2. The molecule has 2 N–H and O–H groups in total. The Kier molecular flexibility index (Phi) is 3.57. The van der Waals surface area contributed by atoms with Gasteiger partial charge in [0.05, 0.1) is 29.3 Å². The van der Waals surface area contributed by atoms with E-state index in [1.54, 1.807) is 6.20 Å². The minimum atomic E-state index is -0.447. The largest absolute Gasteiger partial charge is 0.369 e. The molecule has 0 bridgehead atoms. The van der Waals surface area contributed by atoms with E-state index in [0.29, 0.717) is 6.61 Å². The van der Waals surface area contributed by atoms with Gasteiger partial charge in [-0.2, -0.15) is 15.5 Å². The maximum atomic E-state index is 9.84. The van der Waals surface area contributed by atoms with Crippen molar-refractivity contribution in [3.05, 3.63) is 29.6 Å². The fourth-order valence-corrected chi connectivity index (χ4v) is 4.01. The third-order valence-corrected chi connectivity index (χ3v) is 5.64. The van der Waals surface area contributed by atoms with Gasteiger partial charge >= 0.3 is 0 Å². The number of rotatable bonds is 3. The molecule has 1 saturated carbocycles. The van der Waals surface area contributed by atoms with Crippen LogP contribution in [0.15, 0.2) is 18.3 Å². The SMILES string of the molecule is CC1NCCOC1c1cc(C2(C#N)CC2)c2c(n1)c(-c1cc[nH]n1)nn2C. The zero-order valence-corrected chi connectivity index (χ0v) is 15.4. The van der Waals surface area contributed by atoms with Crippen LogP contribution < -0.4 is 5.32 Å². The van der Waals surface area contributed by atoms with Crippen molar-refractivity contribution in [1.29, 1.82) is 5.26 Å². The first-order valence-corrected chi connectivity index (χ1v) is 9.27. The Morgan fingerprint density at radius 3 is 2.93 bits per heavy atom. The summed E-state index contributed by atoms with van der Waals surface area (Å²) in [4.78, 5) is 4.95. The van der Waals surface area contributed by atoms with E-state index >= 15 is 0 Å². The second-order valence-electron chi connectivity index (χ2n) is 7.45. The van der Waals surface area contributed by atoms with Gasteiger partial charge in [0.1, 0.15) is 23.0 Å². The van der Waals surface area contributed by atoms with Gasteiger partial charge in [-0.05, 0) is 31.9 Å². The molecule has 1 aliphatic heterocycles. The van der Waals surface area contributed by atoms with Crippen LogP contribution in [0.4, 0.5) is 0 Å². The van der Waals surface area contributed by atoms with Crippen molar-refractivity contribution in [3.8, 4) is 17.5 Å². The minimum Gasteiger partial charge on any atom is -0.369 e. The van der Waals surface area contributed by atoms with Crippen LogP contribution in [-0.2, 0) is 17.2 Å². The number of nitrogens with one attached hydrogen (secondary N) is 2. The number of pyridine rings is 1. The van der Waals surface area contributed by atoms with Gasteiger partial charge in [-0.1, -0.05) is 0 Å². The molecule has 3 aromatic heterocycles. The molecule has 2 aliphatic rings. The first kappa shape index (κ1) is 16.4. The van der Waals surface area contributed by atoms with E-state index in [9.17, 15) is 5.26 Å². The molecule has 138 valence electrons. The first-order chi connectivity index (χ1) is 13.1. The quantitative estimate of drug-likeness (QED) is 0.737. The molecule has 2 fully saturated rings. The third kappa shape index (κ3) is 2.46. The molecule has 0 aromatic carbocycles. The average molecular weight is 363 g/mol. The van der Waals surface area contributed by atoms with Crippen molar-refractivity contribution in [1.82, 2.24) is 30.3 Å². The zero-order chi connectivity index (χ0) is 18.6. The maximum absolute atomic E-state index is 9.84. The van der Waals surface area contributed by atoms with Crippen molar-refractivity contribution in [2.45, 2.75) is 37.3 Å². The summed E-state index contributed by atoms with van der Waals surface area (Å²) >= 11 is 0. The Morgan fingerprint density at radius 2 is 2.26 bits per heavy atom. The highest BCUT2D eigenvalue weighted by Gasteiger charge is 2.47. The molecule has 3 aromatic rings. The van der Waals surface area contributed by atoms with E-state index < -0.39 is 5.41 Å². The van der Waals surface area contributed by atoms with Crippen LogP contribution in [0.5, 0.6) is 0 Å². The first-order valence-electron chi connectivity index (χ1n) is 9.27. The topological polar surface area (TPSA) is 104 Å². The van der Waals surface area contributed by atoms with E-state index in [1.165, 1.54) is 0 Å². The van der Waals surface area contributed by atoms with E-state index in [4.69, 9.17) is 9.72 Å². The molecule has 8 heteroatoms. The molecule has 27 heavy (non-hydrogen) atoms. The fourth-order valence-electron chi connectivity index (χ4n) is 4.01. The minimum absolute atomic E-state index is 0.149. The predicted molar refractivity (Wildman–Crippen MR) is 98.8 cm³/mol. The number of hydrogen-bond acceptors (Lipinski definition) is 6. The van der Waals surface area contributed by atoms with Gasteiger partial charge in [-0.25, -0.2) is 4.98 Å². The standard InChI is InChI=1S/C19H21N7O/c1-11-18(27-8-7-21-11)14-9-12(19(10-20)4-5-19)17-16(23-14)15(25-26(17)2)13-3-6-22-24-13/h3,6,9,11,18,21H,4-5,7-8H2,1-2H3,(H,22,24). The highest BCUT2D eigenvalue weighted by molar-refractivity contribution is 5.92. The summed E-state index contributed by atoms with van der Waals surface area (Å²) in [5, 5.41) is 25.1. The summed E-state index contributed by atoms with van der Waals surface area (Å²) in [6.45, 7) is 3.58. The molecule has 2 atom stereocenters. The summed E-state index contributed by atoms with van der Waals surface area (Å²) in [6, 6.07) is 6.62. The summed E-state index contributed by atoms with van der Waals surface area (Å²) in [6.07, 6.45) is 3.35. The zero-order valence-electron chi connectivity index (χ0n) is 15.4. The van der Waals surface area contributed by atoms with Crippen LogP contribution in [0.1, 0.15) is 37.1 Å². The lowest BCUT2D eigenvalue weighted by Crippen LogP contribution is -2.41. The van der Waals surface area contributed by atoms with Gasteiger partial charge in [-0.15, -0.1) is 0 Å². The van der Waals surface area contributed by atoms with Crippen molar-refractivity contribution >= 4 is 11.0 Å². The molecule has 1 saturated heterocycles. The second kappa shape index (κ2) is 5.87. The van der Waals surface area contributed by atoms with Crippen LogP contribution in [0, 0.1) is 11.3 Å². The molecule has 4 heterocycles. The molecule has 2 unspecified atom stereocenters. The highest BCUT2D eigenvalue weighted by atomic mass is 16.5. The van der Waals surface area contributed by atoms with Crippen LogP contribution in [0.25, 0.3) is 22.4 Å². The van der Waals surface area contributed by atoms with E-state index in [0.717, 1.165) is 53.1 Å². The van der Waals surface area contributed by atoms with Crippen molar-refractivity contribution in [3.63, 3.8) is 0 Å². The molecule has 1 aliphatic carbocycles. The average Bonchev–Trinajstić information content (AvgIpc) is 3.15. The Balaban J connectivity index is 1.78. The van der Waals surface area contributed by atoms with E-state index in [-0.39, 0.29) is 12.1 Å². The van der Waals surface area contributed by atoms with Crippen molar-refractivity contribution in [2.75, 3.05) is 13.2 Å². The summed E-state index contributed by atoms with van der Waals surface area (Å²) in [5.41, 5.74) is 4.56. The van der Waals surface area contributed by atoms with Crippen LogP contribution in [0.3, 0.4) is 0 Å². The smallest absolute Gasteiger partial charge is 0.139 e. The number of aromatic nitrogens is 5. The number of morpholine rings is 1. The lowest BCUT2D eigenvalue weighted by atomic mass is 9.93. The Labute approximate surface area is 156 Å². The molecule has 8 nitrogen and oxygen atoms in total. The summed E-state index contributed by atoms with van der Waals surface area (Å²) < 4.78 is 7.85. The number of nitrogens with zero attached hydrogens (tertiary/aromatic N) is 5. The lowest BCUT2D eigenvalue weighted by molar-refractivity contribution is -0.00267. The molecule has 0 amide bonds. The van der Waals surface area contributed by atoms with E-state index in [1.807, 2.05) is 17.8 Å². The Bertz CT molecular complexity index is 1040. The highest BCUT2D eigenvalue weighted by Crippen LogP contribution is 2.50. The fraction of sp³-hybridized carbons (Fsp3) is 0.474. The molecule has 5 rings (SSSR count). The molecular weight excluding hydrogens is 342 g/mol. The van der Waals surface area contributed by atoms with Crippen molar-refractivity contribution < 1.29 is 4.74 Å². The Morgan fingerprint density at radius 1 is 1.41 bits per heavy atom. The van der Waals surface area contributed by atoms with Crippen LogP contribution in [0.2, 0.25) is 0 Å². The monoisotopic (exact) mass is 363 g/mol. The number of nitriles is 1. The van der Waals surface area contributed by atoms with E-state index in [2.05, 4.69) is 39.7 Å². The number of aromatic amines is 1. The molecular formula is C19H21N7O. The molecule has 0 radical (unpaired) electrons. The Hall–Kier alpha value is -2.76. The van der Waals surface area contributed by atoms with Gasteiger partial charge in [0.15, 0.2) is 0 Å². The van der Waals surface area contributed by atoms with Crippen LogP contribution >= 0.6 is 0 Å². The van der Waals surface area contributed by atoms with Gasteiger partial charge in [0.2, 0.25) is 0 Å². The number of aryl methyl sites for hydroxylation is 1. The number of H-pyrrole nitrogens is 1. The number of fused-ring (bicyclic) bond motifs is 1. The third-order valence-electron chi connectivity index (χ3n) is 5.64. The van der Waals surface area contributed by atoms with Gasteiger partial charge in [-0.3, -0.25) is 9.78 Å². The lowest BCUT2D eigenvalue weighted by Gasteiger charge is -2.30. The van der Waals surface area contributed by atoms with Gasteiger partial charge in [0.25, 0.3) is 0 Å².